The van der Waals surface area contributed by atoms with Gasteiger partial charge in [0.2, 0.25) is 0 Å². The lowest BCUT2D eigenvalue weighted by Gasteiger charge is -2.27. The van der Waals surface area contributed by atoms with Gasteiger partial charge in [0.15, 0.2) is 0 Å². The molecule has 5 nitrogen and oxygen atoms in total. The van der Waals surface area contributed by atoms with Crippen LogP contribution in [0.5, 0.6) is 0 Å². The van der Waals surface area contributed by atoms with Crippen molar-refractivity contribution in [3.05, 3.63) is 76.0 Å². The lowest BCUT2D eigenvalue weighted by molar-refractivity contribution is 0.00600. The smallest absolute Gasteiger partial charge is 0.138 e. The molecular formula is C22H21BrN4O. The molecule has 2 aliphatic rings. The highest BCUT2D eigenvalue weighted by atomic mass is 79.9. The molecule has 1 aromatic carbocycles. The van der Waals surface area contributed by atoms with Gasteiger partial charge in [-0.1, -0.05) is 35.3 Å². The van der Waals surface area contributed by atoms with Crippen LogP contribution in [-0.2, 0) is 4.74 Å². The lowest BCUT2D eigenvalue weighted by atomic mass is 10.0. The zero-order chi connectivity index (χ0) is 19.1. The number of fused-ring (bicyclic) bond motifs is 3. The average molecular weight is 437 g/mol. The van der Waals surface area contributed by atoms with Crippen LogP contribution >= 0.6 is 15.9 Å². The standard InChI is InChI=1S/C22H21BrN4O/c1-2-5-18-22-25-11-20(14-12-28-13-14)27(22)19-8-7-15(23)10-16(19)21(26-18)17-6-3-4-9-24-17/h3-4,6-11,14,18H,2,5,12-13H2,1H3/t18-/m0/s1. The minimum atomic E-state index is 0.00271. The van der Waals surface area contributed by atoms with E-state index >= 15 is 0 Å². The van der Waals surface area contributed by atoms with Gasteiger partial charge in [-0.3, -0.25) is 14.5 Å². The van der Waals surface area contributed by atoms with Gasteiger partial charge in [-0.05, 0) is 36.8 Å². The number of rotatable bonds is 4. The number of nitrogens with zero attached hydrogens (tertiary/aromatic N) is 4. The molecule has 4 heterocycles. The third-order valence-electron chi connectivity index (χ3n) is 5.38. The Hall–Kier alpha value is -2.31. The first-order valence-corrected chi connectivity index (χ1v) is 10.5. The molecule has 28 heavy (non-hydrogen) atoms. The van der Waals surface area contributed by atoms with Crippen LogP contribution in [0.2, 0.25) is 0 Å². The van der Waals surface area contributed by atoms with E-state index in [1.165, 1.54) is 5.69 Å². The van der Waals surface area contributed by atoms with Crippen LogP contribution < -0.4 is 0 Å². The minimum Gasteiger partial charge on any atom is -0.380 e. The third kappa shape index (κ3) is 2.91. The van der Waals surface area contributed by atoms with E-state index in [0.717, 1.165) is 59.0 Å². The van der Waals surface area contributed by atoms with Gasteiger partial charge in [-0.2, -0.15) is 0 Å². The van der Waals surface area contributed by atoms with Crippen molar-refractivity contribution < 1.29 is 4.74 Å². The van der Waals surface area contributed by atoms with E-state index in [4.69, 9.17) is 14.7 Å². The van der Waals surface area contributed by atoms with Crippen LogP contribution in [-0.4, -0.2) is 33.5 Å². The number of imidazole rings is 1. The predicted octanol–water partition coefficient (Wildman–Crippen LogP) is 4.84. The van der Waals surface area contributed by atoms with Gasteiger partial charge in [-0.25, -0.2) is 4.98 Å². The zero-order valence-corrected chi connectivity index (χ0v) is 17.3. The van der Waals surface area contributed by atoms with Crippen LogP contribution in [0.3, 0.4) is 0 Å². The van der Waals surface area contributed by atoms with E-state index in [-0.39, 0.29) is 6.04 Å². The van der Waals surface area contributed by atoms with Crippen LogP contribution in [0, 0.1) is 0 Å². The Balaban J connectivity index is 1.78. The molecule has 1 fully saturated rings. The average Bonchev–Trinajstić information content (AvgIpc) is 3.03. The molecule has 3 aromatic rings. The monoisotopic (exact) mass is 436 g/mol. The maximum Gasteiger partial charge on any atom is 0.138 e. The quantitative estimate of drug-likeness (QED) is 0.587. The lowest BCUT2D eigenvalue weighted by Crippen LogP contribution is -2.27. The van der Waals surface area contributed by atoms with Gasteiger partial charge in [0.25, 0.3) is 0 Å². The molecule has 1 saturated heterocycles. The Kier molecular flexibility index (Phi) is 4.61. The number of hydrogen-bond donors (Lipinski definition) is 0. The summed E-state index contributed by atoms with van der Waals surface area (Å²) < 4.78 is 8.81. The largest absolute Gasteiger partial charge is 0.380 e. The van der Waals surface area contributed by atoms with E-state index < -0.39 is 0 Å². The number of aromatic nitrogens is 3. The first-order valence-electron chi connectivity index (χ1n) is 9.71. The van der Waals surface area contributed by atoms with Crippen LogP contribution in [0.1, 0.15) is 54.5 Å². The van der Waals surface area contributed by atoms with Gasteiger partial charge in [-0.15, -0.1) is 0 Å². The molecule has 142 valence electrons. The highest BCUT2D eigenvalue weighted by Crippen LogP contribution is 2.37. The summed E-state index contributed by atoms with van der Waals surface area (Å²) in [5.74, 6) is 1.40. The molecule has 0 spiro atoms. The predicted molar refractivity (Wildman–Crippen MR) is 112 cm³/mol. The van der Waals surface area contributed by atoms with Gasteiger partial charge in [0, 0.05) is 28.3 Å². The Morgan fingerprint density at radius 1 is 1.18 bits per heavy atom. The number of hydrogen-bond acceptors (Lipinski definition) is 4. The molecule has 0 unspecified atom stereocenters. The Morgan fingerprint density at radius 2 is 2.07 bits per heavy atom. The van der Waals surface area contributed by atoms with Crippen molar-refractivity contribution >= 4 is 21.6 Å². The maximum atomic E-state index is 5.47. The van der Waals surface area contributed by atoms with Crippen molar-refractivity contribution in [2.45, 2.75) is 31.7 Å². The molecule has 5 rings (SSSR count). The van der Waals surface area contributed by atoms with E-state index in [9.17, 15) is 0 Å². The molecule has 2 aliphatic heterocycles. The second kappa shape index (κ2) is 7.26. The Morgan fingerprint density at radius 3 is 2.79 bits per heavy atom. The number of aliphatic imine (C=N–C) groups is 1. The fourth-order valence-electron chi connectivity index (χ4n) is 3.92. The molecule has 1 atom stereocenters. The van der Waals surface area contributed by atoms with Crippen molar-refractivity contribution in [1.82, 2.24) is 14.5 Å². The second-order valence-electron chi connectivity index (χ2n) is 7.27. The Bertz CT molecular complexity index is 1040. The van der Waals surface area contributed by atoms with Gasteiger partial charge >= 0.3 is 0 Å². The molecule has 2 aromatic heterocycles. The van der Waals surface area contributed by atoms with Crippen LogP contribution in [0.4, 0.5) is 0 Å². The fourth-order valence-corrected chi connectivity index (χ4v) is 4.28. The van der Waals surface area contributed by atoms with E-state index in [1.54, 1.807) is 0 Å². The van der Waals surface area contributed by atoms with E-state index in [2.05, 4.69) is 50.6 Å². The summed E-state index contributed by atoms with van der Waals surface area (Å²) in [5.41, 5.74) is 5.22. The molecule has 0 N–H and O–H groups in total. The highest BCUT2D eigenvalue weighted by Gasteiger charge is 2.32. The first kappa shape index (κ1) is 17.8. The van der Waals surface area contributed by atoms with Crippen molar-refractivity contribution in [2.75, 3.05) is 13.2 Å². The SMILES string of the molecule is CCC[C@@H]1N=C(c2ccccn2)c2cc(Br)ccc2-n2c(C3COC3)cnc21. The summed E-state index contributed by atoms with van der Waals surface area (Å²) in [6, 6.07) is 12.4. The number of pyridine rings is 1. The molecule has 0 aliphatic carbocycles. The van der Waals surface area contributed by atoms with Gasteiger partial charge in [0.1, 0.15) is 11.9 Å². The molecule has 0 saturated carbocycles. The molecule has 0 radical (unpaired) electrons. The van der Waals surface area contributed by atoms with E-state index in [1.807, 2.05) is 30.6 Å². The number of benzene rings is 1. The Labute approximate surface area is 172 Å². The van der Waals surface area contributed by atoms with Crippen LogP contribution in [0.25, 0.3) is 5.69 Å². The molecule has 0 bridgehead atoms. The number of halogens is 1. The first-order chi connectivity index (χ1) is 13.8. The normalized spacial score (nSPS) is 18.6. The van der Waals surface area contributed by atoms with Crippen LogP contribution in [0.15, 0.2) is 58.3 Å². The maximum absolute atomic E-state index is 5.47. The summed E-state index contributed by atoms with van der Waals surface area (Å²) in [6.45, 7) is 3.70. The summed E-state index contributed by atoms with van der Waals surface area (Å²) in [5, 5.41) is 0. The summed E-state index contributed by atoms with van der Waals surface area (Å²) >= 11 is 3.64. The summed E-state index contributed by atoms with van der Waals surface area (Å²) in [6.07, 6.45) is 5.82. The van der Waals surface area contributed by atoms with E-state index in [0.29, 0.717) is 5.92 Å². The number of ether oxygens (including phenoxy) is 1. The van der Waals surface area contributed by atoms with Crippen molar-refractivity contribution in [1.29, 1.82) is 0 Å². The molecule has 0 amide bonds. The molecular weight excluding hydrogens is 416 g/mol. The van der Waals surface area contributed by atoms with Crippen molar-refractivity contribution in [3.63, 3.8) is 0 Å². The zero-order valence-electron chi connectivity index (χ0n) is 15.7. The summed E-state index contributed by atoms with van der Waals surface area (Å²) in [4.78, 5) is 14.6. The van der Waals surface area contributed by atoms with Crippen molar-refractivity contribution in [3.8, 4) is 5.69 Å². The second-order valence-corrected chi connectivity index (χ2v) is 8.19. The fraction of sp³-hybridized carbons (Fsp3) is 0.318. The highest BCUT2D eigenvalue weighted by molar-refractivity contribution is 9.10. The summed E-state index contributed by atoms with van der Waals surface area (Å²) in [7, 11) is 0. The minimum absolute atomic E-state index is 0.00271. The van der Waals surface area contributed by atoms with Crippen molar-refractivity contribution in [2.24, 2.45) is 4.99 Å². The third-order valence-corrected chi connectivity index (χ3v) is 5.87. The topological polar surface area (TPSA) is 52.3 Å². The van der Waals surface area contributed by atoms with Gasteiger partial charge < -0.3 is 4.74 Å². The van der Waals surface area contributed by atoms with Gasteiger partial charge in [0.05, 0.1) is 36.0 Å². The molecule has 6 heteroatoms.